The fraction of sp³-hybridized carbons (Fsp3) is 0.353. The molecule has 2 aromatic rings. The number of nitrogen functional groups attached to an aromatic ring is 1. The van der Waals surface area contributed by atoms with E-state index in [2.05, 4.69) is 21.8 Å². The molecule has 1 aliphatic heterocycles. The normalized spacial score (nSPS) is 16.8. The van der Waals surface area contributed by atoms with Gasteiger partial charge in [0.2, 0.25) is 0 Å². The number of nitrogens with two attached hydrogens (primary N) is 1. The molecule has 7 heteroatoms. The third-order valence-corrected chi connectivity index (χ3v) is 4.78. The summed E-state index contributed by atoms with van der Waals surface area (Å²) in [5.74, 6) is 0.0139. The standard InChI is InChI=1S/C17H20ClN5O/c1-12(13-4-2-3-5-14(13)18)22-8-10-23(11-9-22)17(24)15-16(19)21-7-6-20-15/h2-7,12H,8-11H2,1H3,(H2,19,21)/t12-/m0/s1. The number of anilines is 1. The van der Waals surface area contributed by atoms with Crippen LogP contribution < -0.4 is 5.73 Å². The highest BCUT2D eigenvalue weighted by Crippen LogP contribution is 2.28. The Morgan fingerprint density at radius 2 is 1.83 bits per heavy atom. The number of aromatic nitrogens is 2. The van der Waals surface area contributed by atoms with Crippen molar-refractivity contribution in [3.8, 4) is 0 Å². The summed E-state index contributed by atoms with van der Waals surface area (Å²) in [6.45, 7) is 4.95. The van der Waals surface area contributed by atoms with Crippen LogP contribution in [0.2, 0.25) is 5.02 Å². The second kappa shape index (κ2) is 7.15. The molecule has 1 atom stereocenters. The van der Waals surface area contributed by atoms with E-state index in [9.17, 15) is 4.79 Å². The Morgan fingerprint density at radius 3 is 2.50 bits per heavy atom. The summed E-state index contributed by atoms with van der Waals surface area (Å²) in [5.41, 5.74) is 7.09. The first kappa shape index (κ1) is 16.7. The molecule has 0 aliphatic carbocycles. The van der Waals surface area contributed by atoms with Crippen LogP contribution in [0, 0.1) is 0 Å². The summed E-state index contributed by atoms with van der Waals surface area (Å²) in [6.07, 6.45) is 2.97. The highest BCUT2D eigenvalue weighted by molar-refractivity contribution is 6.31. The molecule has 1 aromatic carbocycles. The number of carbonyl (C=O) groups is 1. The van der Waals surface area contributed by atoms with Crippen LogP contribution in [0.25, 0.3) is 0 Å². The topological polar surface area (TPSA) is 75.3 Å². The van der Waals surface area contributed by atoms with Gasteiger partial charge in [0.05, 0.1) is 0 Å². The molecule has 0 saturated carbocycles. The van der Waals surface area contributed by atoms with Gasteiger partial charge in [0, 0.05) is 49.6 Å². The van der Waals surface area contributed by atoms with E-state index in [1.807, 2.05) is 24.3 Å². The van der Waals surface area contributed by atoms with E-state index in [0.717, 1.165) is 23.7 Å². The quantitative estimate of drug-likeness (QED) is 0.923. The van der Waals surface area contributed by atoms with Crippen LogP contribution in [-0.4, -0.2) is 51.9 Å². The third-order valence-electron chi connectivity index (χ3n) is 4.43. The van der Waals surface area contributed by atoms with Gasteiger partial charge in [-0.3, -0.25) is 9.69 Å². The van der Waals surface area contributed by atoms with Crippen LogP contribution in [-0.2, 0) is 0 Å². The van der Waals surface area contributed by atoms with Crippen molar-refractivity contribution in [2.24, 2.45) is 0 Å². The largest absolute Gasteiger partial charge is 0.382 e. The number of rotatable bonds is 3. The van der Waals surface area contributed by atoms with Gasteiger partial charge in [0.15, 0.2) is 11.5 Å². The molecule has 6 nitrogen and oxygen atoms in total. The van der Waals surface area contributed by atoms with Crippen molar-refractivity contribution in [1.29, 1.82) is 0 Å². The van der Waals surface area contributed by atoms with E-state index < -0.39 is 0 Å². The summed E-state index contributed by atoms with van der Waals surface area (Å²) in [6, 6.07) is 8.08. The molecule has 0 unspecified atom stereocenters. The predicted molar refractivity (Wildman–Crippen MR) is 93.8 cm³/mol. The zero-order chi connectivity index (χ0) is 17.1. The molecule has 2 heterocycles. The first-order valence-corrected chi connectivity index (χ1v) is 8.30. The van der Waals surface area contributed by atoms with E-state index >= 15 is 0 Å². The second-order valence-corrected chi connectivity index (χ2v) is 6.22. The number of halogens is 1. The van der Waals surface area contributed by atoms with Gasteiger partial charge in [0.1, 0.15) is 0 Å². The Kier molecular flexibility index (Phi) is 4.97. The van der Waals surface area contributed by atoms with Gasteiger partial charge < -0.3 is 10.6 Å². The van der Waals surface area contributed by atoms with E-state index in [-0.39, 0.29) is 23.5 Å². The summed E-state index contributed by atoms with van der Waals surface area (Å²) >= 11 is 6.29. The van der Waals surface area contributed by atoms with Crippen molar-refractivity contribution in [2.75, 3.05) is 31.9 Å². The van der Waals surface area contributed by atoms with E-state index in [4.69, 9.17) is 17.3 Å². The fourth-order valence-corrected chi connectivity index (χ4v) is 3.28. The van der Waals surface area contributed by atoms with Gasteiger partial charge >= 0.3 is 0 Å². The first-order chi connectivity index (χ1) is 11.6. The van der Waals surface area contributed by atoms with Crippen LogP contribution in [0.1, 0.15) is 29.0 Å². The molecule has 1 fully saturated rings. The molecule has 0 bridgehead atoms. The van der Waals surface area contributed by atoms with Crippen LogP contribution in [0.4, 0.5) is 5.82 Å². The zero-order valence-electron chi connectivity index (χ0n) is 13.5. The predicted octanol–water partition coefficient (Wildman–Crippen LogP) is 2.23. The maximum Gasteiger partial charge on any atom is 0.276 e. The van der Waals surface area contributed by atoms with Gasteiger partial charge in [-0.25, -0.2) is 9.97 Å². The van der Waals surface area contributed by atoms with Crippen LogP contribution in [0.15, 0.2) is 36.7 Å². The van der Waals surface area contributed by atoms with Crippen molar-refractivity contribution in [3.05, 3.63) is 52.9 Å². The summed E-state index contributed by atoms with van der Waals surface area (Å²) in [4.78, 5) is 24.6. The second-order valence-electron chi connectivity index (χ2n) is 5.82. The van der Waals surface area contributed by atoms with Crippen molar-refractivity contribution in [1.82, 2.24) is 19.8 Å². The van der Waals surface area contributed by atoms with Gasteiger partial charge in [-0.2, -0.15) is 0 Å². The lowest BCUT2D eigenvalue weighted by atomic mass is 10.1. The highest BCUT2D eigenvalue weighted by Gasteiger charge is 2.27. The summed E-state index contributed by atoms with van der Waals surface area (Å²) in [7, 11) is 0. The van der Waals surface area contributed by atoms with Crippen molar-refractivity contribution in [3.63, 3.8) is 0 Å². The molecule has 2 N–H and O–H groups in total. The number of hydrogen-bond donors (Lipinski definition) is 1. The van der Waals surface area contributed by atoms with Crippen molar-refractivity contribution < 1.29 is 4.79 Å². The van der Waals surface area contributed by atoms with Crippen LogP contribution in [0.5, 0.6) is 0 Å². The summed E-state index contributed by atoms with van der Waals surface area (Å²) < 4.78 is 0. The number of carbonyl (C=O) groups excluding carboxylic acids is 1. The Bertz CT molecular complexity index is 730. The molecule has 0 spiro atoms. The van der Waals surface area contributed by atoms with Gasteiger partial charge in [0.25, 0.3) is 5.91 Å². The zero-order valence-corrected chi connectivity index (χ0v) is 14.3. The minimum atomic E-state index is -0.161. The first-order valence-electron chi connectivity index (χ1n) is 7.92. The molecule has 0 radical (unpaired) electrons. The maximum absolute atomic E-state index is 12.5. The maximum atomic E-state index is 12.5. The molecule has 1 saturated heterocycles. The fourth-order valence-electron chi connectivity index (χ4n) is 2.99. The number of nitrogens with zero attached hydrogens (tertiary/aromatic N) is 4. The SMILES string of the molecule is C[C@@H](c1ccccc1Cl)N1CCN(C(=O)c2nccnc2N)CC1. The molecular weight excluding hydrogens is 326 g/mol. The average molecular weight is 346 g/mol. The van der Waals surface area contributed by atoms with Crippen molar-refractivity contribution >= 4 is 23.3 Å². The van der Waals surface area contributed by atoms with Crippen LogP contribution in [0.3, 0.4) is 0 Å². The monoisotopic (exact) mass is 345 g/mol. The smallest absolute Gasteiger partial charge is 0.276 e. The minimum absolute atomic E-state index is 0.161. The number of amides is 1. The Labute approximate surface area is 146 Å². The number of piperazine rings is 1. The molecule has 3 rings (SSSR count). The van der Waals surface area contributed by atoms with Crippen molar-refractivity contribution in [2.45, 2.75) is 13.0 Å². The number of benzene rings is 1. The lowest BCUT2D eigenvalue weighted by Gasteiger charge is -2.38. The Morgan fingerprint density at radius 1 is 1.17 bits per heavy atom. The lowest BCUT2D eigenvalue weighted by molar-refractivity contribution is 0.0577. The molecular formula is C17H20ClN5O. The average Bonchev–Trinajstić information content (AvgIpc) is 2.61. The molecule has 1 aliphatic rings. The number of hydrogen-bond acceptors (Lipinski definition) is 5. The summed E-state index contributed by atoms with van der Waals surface area (Å²) in [5, 5.41) is 0.774. The minimum Gasteiger partial charge on any atom is -0.382 e. The Balaban J connectivity index is 1.65. The van der Waals surface area contributed by atoms with E-state index in [1.165, 1.54) is 12.4 Å². The molecule has 1 aromatic heterocycles. The molecule has 126 valence electrons. The Hall–Kier alpha value is -2.18. The van der Waals surface area contributed by atoms with Gasteiger partial charge in [-0.05, 0) is 18.6 Å². The van der Waals surface area contributed by atoms with Crippen LogP contribution >= 0.6 is 11.6 Å². The molecule has 24 heavy (non-hydrogen) atoms. The van der Waals surface area contributed by atoms with E-state index in [1.54, 1.807) is 4.90 Å². The van der Waals surface area contributed by atoms with E-state index in [0.29, 0.717) is 13.1 Å². The highest BCUT2D eigenvalue weighted by atomic mass is 35.5. The van der Waals surface area contributed by atoms with Gasteiger partial charge in [-0.15, -0.1) is 0 Å². The third kappa shape index (κ3) is 3.34. The lowest BCUT2D eigenvalue weighted by Crippen LogP contribution is -2.49. The molecule has 1 amide bonds. The van der Waals surface area contributed by atoms with Gasteiger partial charge in [-0.1, -0.05) is 29.8 Å².